The first-order chi connectivity index (χ1) is 35.0. The van der Waals surface area contributed by atoms with Crippen LogP contribution in [0.2, 0.25) is 0 Å². The van der Waals surface area contributed by atoms with Gasteiger partial charge in [0.05, 0.1) is 50.3 Å². The topological polar surface area (TPSA) is 355 Å². The normalized spacial score (nSPS) is 57.4. The van der Waals surface area contributed by atoms with Crippen LogP contribution in [0.3, 0.4) is 0 Å². The van der Waals surface area contributed by atoms with Gasteiger partial charge in [0.15, 0.2) is 30.9 Å². The molecule has 4 aliphatic carbocycles. The van der Waals surface area contributed by atoms with Crippen LogP contribution < -0.4 is 0 Å². The average Bonchev–Trinajstić information content (AvgIpc) is 3.98. The van der Waals surface area contributed by atoms with Gasteiger partial charge < -0.3 is 114 Å². The Labute approximate surface area is 430 Å². The van der Waals surface area contributed by atoms with Crippen molar-refractivity contribution < 1.29 is 114 Å². The van der Waals surface area contributed by atoms with Crippen LogP contribution in [-0.4, -0.2) is 239 Å². The molecule has 9 fully saturated rings. The average molecular weight is 1060 g/mol. The van der Waals surface area contributed by atoms with Gasteiger partial charge in [-0.2, -0.15) is 0 Å². The lowest BCUT2D eigenvalue weighted by Crippen LogP contribution is -2.67. The molecule has 0 aromatic rings. The van der Waals surface area contributed by atoms with Crippen molar-refractivity contribution in [3.05, 3.63) is 11.6 Å². The smallest absolute Gasteiger partial charge is 0.187 e. The lowest BCUT2D eigenvalue weighted by molar-refractivity contribution is -0.394. The molecular formula is C51H82O23. The van der Waals surface area contributed by atoms with E-state index in [0.717, 1.165) is 32.1 Å². The van der Waals surface area contributed by atoms with Gasteiger partial charge >= 0.3 is 0 Å². The van der Waals surface area contributed by atoms with Crippen LogP contribution in [-0.2, 0) is 47.4 Å². The van der Waals surface area contributed by atoms with Gasteiger partial charge in [0, 0.05) is 12.3 Å². The molecule has 13 N–H and O–H groups in total. The third-order valence-electron chi connectivity index (χ3n) is 19.9. The van der Waals surface area contributed by atoms with E-state index in [1.54, 1.807) is 0 Å². The molecule has 6 heterocycles. The number of aliphatic hydroxyl groups excluding tert-OH is 13. The zero-order chi connectivity index (χ0) is 53.1. The lowest BCUT2D eigenvalue weighted by Gasteiger charge is -2.58. The summed E-state index contributed by atoms with van der Waals surface area (Å²) in [5, 5.41) is 137. The number of hydrogen-bond donors (Lipinski definition) is 13. The van der Waals surface area contributed by atoms with Crippen molar-refractivity contribution in [2.75, 3.05) is 26.4 Å². The van der Waals surface area contributed by atoms with E-state index in [2.05, 4.69) is 26.8 Å². The van der Waals surface area contributed by atoms with Crippen LogP contribution in [0.1, 0.15) is 92.4 Å². The first kappa shape index (κ1) is 56.1. The van der Waals surface area contributed by atoms with Crippen LogP contribution >= 0.6 is 0 Å². The summed E-state index contributed by atoms with van der Waals surface area (Å²) >= 11 is 0. The van der Waals surface area contributed by atoms with Crippen molar-refractivity contribution in [1.82, 2.24) is 0 Å². The first-order valence-corrected chi connectivity index (χ1v) is 26.9. The third kappa shape index (κ3) is 9.38. The molecule has 0 aromatic carbocycles. The van der Waals surface area contributed by atoms with Crippen molar-refractivity contribution >= 4 is 0 Å². The number of rotatable bonds is 12. The van der Waals surface area contributed by atoms with Crippen molar-refractivity contribution in [1.29, 1.82) is 0 Å². The second kappa shape index (κ2) is 21.0. The van der Waals surface area contributed by atoms with E-state index in [-0.39, 0.29) is 35.4 Å². The molecule has 10 rings (SSSR count). The molecule has 6 saturated heterocycles. The van der Waals surface area contributed by atoms with Gasteiger partial charge in [0.1, 0.15) is 91.6 Å². The maximum absolute atomic E-state index is 11.6. The Hall–Kier alpha value is -1.18. The third-order valence-corrected chi connectivity index (χ3v) is 19.9. The maximum atomic E-state index is 11.6. The molecule has 10 aliphatic rings. The van der Waals surface area contributed by atoms with Gasteiger partial charge in [-0.1, -0.05) is 32.4 Å². The fourth-order valence-corrected chi connectivity index (χ4v) is 15.6. The molecule has 0 amide bonds. The van der Waals surface area contributed by atoms with Gasteiger partial charge in [-0.3, -0.25) is 0 Å². The molecule has 74 heavy (non-hydrogen) atoms. The fraction of sp³-hybridized carbons (Fsp3) is 0.961. The van der Waals surface area contributed by atoms with E-state index >= 15 is 0 Å². The van der Waals surface area contributed by atoms with E-state index in [0.29, 0.717) is 43.4 Å². The minimum atomic E-state index is -1.88. The zero-order valence-corrected chi connectivity index (χ0v) is 42.8. The Morgan fingerprint density at radius 3 is 1.82 bits per heavy atom. The molecule has 23 nitrogen and oxygen atoms in total. The van der Waals surface area contributed by atoms with Crippen LogP contribution in [0.4, 0.5) is 0 Å². The van der Waals surface area contributed by atoms with Gasteiger partial charge in [0.2, 0.25) is 0 Å². The number of fused-ring (bicyclic) bond motifs is 7. The Kier molecular flexibility index (Phi) is 16.0. The summed E-state index contributed by atoms with van der Waals surface area (Å²) < 4.78 is 62.4. The highest BCUT2D eigenvalue weighted by Gasteiger charge is 2.70. The summed E-state index contributed by atoms with van der Waals surface area (Å²) in [5.74, 6) is 0.693. The molecular weight excluding hydrogens is 981 g/mol. The molecule has 424 valence electrons. The highest BCUT2D eigenvalue weighted by molar-refractivity contribution is 5.27. The monoisotopic (exact) mass is 1060 g/mol. The summed E-state index contributed by atoms with van der Waals surface area (Å²) in [6, 6.07) is 0. The van der Waals surface area contributed by atoms with E-state index in [4.69, 9.17) is 47.4 Å². The molecule has 1 spiro atoms. The van der Waals surface area contributed by atoms with Gasteiger partial charge in [-0.15, -0.1) is 0 Å². The van der Waals surface area contributed by atoms with E-state index in [1.807, 2.05) is 6.92 Å². The Morgan fingerprint density at radius 1 is 0.581 bits per heavy atom. The number of ether oxygens (including phenoxy) is 10. The Bertz CT molecular complexity index is 1980. The summed E-state index contributed by atoms with van der Waals surface area (Å²) in [5.41, 5.74) is 0.306. The Morgan fingerprint density at radius 2 is 1.16 bits per heavy atom. The summed E-state index contributed by atoms with van der Waals surface area (Å²) in [7, 11) is 0. The van der Waals surface area contributed by atoms with Gasteiger partial charge in [-0.05, 0) is 99.7 Å². The van der Waals surface area contributed by atoms with Crippen LogP contribution in [0.5, 0.6) is 0 Å². The number of aliphatic hydroxyl groups is 13. The maximum Gasteiger partial charge on any atom is 0.187 e. The SMILES string of the molecule is C[C@@H]1O[C@@H](O[C@H]2[C@H](O[C@H]3CC[C@@]4(C)C(=CC[C@H]5[C@@H]6C[C@@H]7O[C@]8(CC[C@@](C)(CO[C@@H]9O[C@H](CO)[C@@H](O)[C@H](O)[C@H]9O)O8)[C@@H](C)[C@@H]7[C@@]6(C)CC[C@@H]54)C3)O[C@H](CO)[C@H](O)[C@@H]2O[C@@H]2O[C@H](CO)[C@@H](O)[C@H](O)[C@H]2O)[C@H](O)[C@H](O)[C@H]1O. The zero-order valence-electron chi connectivity index (χ0n) is 42.8. The highest BCUT2D eigenvalue weighted by Crippen LogP contribution is 2.71. The van der Waals surface area contributed by atoms with Crippen molar-refractivity contribution in [3.63, 3.8) is 0 Å². The molecule has 31 atom stereocenters. The minimum absolute atomic E-state index is 0.00751. The molecule has 6 aliphatic heterocycles. The predicted molar refractivity (Wildman–Crippen MR) is 248 cm³/mol. The fourth-order valence-electron chi connectivity index (χ4n) is 15.6. The first-order valence-electron chi connectivity index (χ1n) is 26.9. The standard InChI is InChI=1S/C51H82O23/c1-20-31-27(73-51(20)13-12-48(3,74-51)19-65-44-39(62)37(60)33(56)28(16-52)68-44)15-26-24-7-6-22-14-23(8-10-49(22,4)25(24)9-11-50(26,31)5)67-47-43(72-45-40(63)36(59)32(55)21(2)66-45)42(35(58)30(18-54)70-47)71-46-41(64)38(61)34(57)29(17-53)69-46/h6,20-21,23-47,52-64H,7-19H2,1-5H3/t20-,21-,23-,24+,25-,26-,27-,28+,29+,30+,31-,32-,33+,34+,35-,36+,37-,38-,39+,40+,41+,42-,43+,44+,45-,46-,47+,48-,49-,50-,51-/m0/s1. The molecule has 3 saturated carbocycles. The van der Waals surface area contributed by atoms with Crippen LogP contribution in [0.15, 0.2) is 11.6 Å². The summed E-state index contributed by atoms with van der Waals surface area (Å²) in [4.78, 5) is 0. The second-order valence-corrected chi connectivity index (χ2v) is 24.2. The van der Waals surface area contributed by atoms with Crippen LogP contribution in [0, 0.1) is 40.4 Å². The van der Waals surface area contributed by atoms with Crippen molar-refractivity contribution in [2.45, 2.75) is 239 Å². The largest absolute Gasteiger partial charge is 0.394 e. The predicted octanol–water partition coefficient (Wildman–Crippen LogP) is -2.85. The van der Waals surface area contributed by atoms with Crippen molar-refractivity contribution in [2.24, 2.45) is 40.4 Å². The van der Waals surface area contributed by atoms with Gasteiger partial charge in [0.25, 0.3) is 0 Å². The van der Waals surface area contributed by atoms with E-state index in [1.165, 1.54) is 12.5 Å². The minimum Gasteiger partial charge on any atom is -0.394 e. The Balaban J connectivity index is 0.825. The number of allylic oxidation sites excluding steroid dienone is 1. The number of hydrogen-bond acceptors (Lipinski definition) is 23. The lowest BCUT2D eigenvalue weighted by atomic mass is 9.47. The van der Waals surface area contributed by atoms with E-state index < -0.39 is 160 Å². The molecule has 0 aromatic heterocycles. The molecule has 0 radical (unpaired) electrons. The van der Waals surface area contributed by atoms with E-state index in [9.17, 15) is 66.4 Å². The molecule has 0 bridgehead atoms. The quantitative estimate of drug-likeness (QED) is 0.0875. The van der Waals surface area contributed by atoms with Crippen LogP contribution in [0.25, 0.3) is 0 Å². The summed E-state index contributed by atoms with van der Waals surface area (Å²) in [6.45, 7) is 8.46. The molecule has 23 heteroatoms. The van der Waals surface area contributed by atoms with Crippen molar-refractivity contribution in [3.8, 4) is 0 Å². The summed E-state index contributed by atoms with van der Waals surface area (Å²) in [6.07, 6.45) is -21.7. The highest BCUT2D eigenvalue weighted by atomic mass is 16.8. The molecule has 0 unspecified atom stereocenters. The van der Waals surface area contributed by atoms with Gasteiger partial charge in [-0.25, -0.2) is 0 Å². The second-order valence-electron chi connectivity index (χ2n) is 24.2.